The van der Waals surface area contributed by atoms with Crippen LogP contribution in [-0.2, 0) is 22.4 Å². The van der Waals surface area contributed by atoms with Gasteiger partial charge in [-0.3, -0.25) is 5.41 Å². The van der Waals surface area contributed by atoms with E-state index in [0.717, 1.165) is 6.07 Å². The van der Waals surface area contributed by atoms with Crippen molar-refractivity contribution in [1.29, 1.82) is 5.41 Å². The number of phenolic OH excluding ortho intramolecular Hbond substituents is 1. The average molecular weight is 361 g/mol. The number of hydrogen-bond donors (Lipinski definition) is 2. The third-order valence-corrected chi connectivity index (χ3v) is 3.56. The second-order valence-corrected chi connectivity index (χ2v) is 5.48. The van der Waals surface area contributed by atoms with E-state index in [1.807, 2.05) is 6.92 Å². The number of methoxy groups -OCH3 is 1. The normalized spacial score (nSPS) is 11.3. The Balaban J connectivity index is 3.50. The molecule has 5 nitrogen and oxygen atoms in total. The van der Waals surface area contributed by atoms with Gasteiger partial charge in [-0.05, 0) is 24.5 Å². The predicted molar refractivity (Wildman–Crippen MR) is 86.5 cm³/mol. The van der Waals surface area contributed by atoms with Crippen molar-refractivity contribution in [3.05, 3.63) is 22.8 Å². The molecule has 8 heteroatoms. The monoisotopic (exact) mass is 361 g/mol. The zero-order valence-electron chi connectivity index (χ0n) is 14.4. The van der Waals surface area contributed by atoms with E-state index in [4.69, 9.17) is 10.1 Å². The van der Waals surface area contributed by atoms with Crippen LogP contribution in [0.4, 0.5) is 13.2 Å². The topological polar surface area (TPSA) is 79.6 Å². The van der Waals surface area contributed by atoms with Crippen LogP contribution in [0, 0.1) is 5.41 Å². The average Bonchev–Trinajstić information content (AvgIpc) is 2.55. The number of esters is 1. The lowest BCUT2D eigenvalue weighted by Crippen LogP contribution is -2.24. The van der Waals surface area contributed by atoms with Crippen LogP contribution in [0.3, 0.4) is 0 Å². The third-order valence-electron chi connectivity index (χ3n) is 3.56. The van der Waals surface area contributed by atoms with Gasteiger partial charge < -0.3 is 14.6 Å². The first kappa shape index (κ1) is 20.8. The number of hydrogen-bond acceptors (Lipinski definition) is 5. The summed E-state index contributed by atoms with van der Waals surface area (Å²) in [6.07, 6.45) is -3.09. The van der Waals surface area contributed by atoms with Gasteiger partial charge in [0.15, 0.2) is 6.61 Å². The van der Waals surface area contributed by atoms with Crippen molar-refractivity contribution in [1.82, 2.24) is 0 Å². The fraction of sp³-hybridized carbons (Fsp3) is 0.529. The smallest absolute Gasteiger partial charge is 0.433 e. The maximum atomic E-state index is 12.9. The zero-order chi connectivity index (χ0) is 19.2. The SMILES string of the molecule is CCCc1cc(C(=N)C(F)(F)F)c(O)c(CCC)c1OCC(=O)OC. The molecule has 0 saturated heterocycles. The lowest BCUT2D eigenvalue weighted by atomic mass is 9.94. The fourth-order valence-corrected chi connectivity index (χ4v) is 2.42. The first-order chi connectivity index (χ1) is 11.7. The van der Waals surface area contributed by atoms with Gasteiger partial charge in [0, 0.05) is 11.1 Å². The van der Waals surface area contributed by atoms with Crippen molar-refractivity contribution in [3.63, 3.8) is 0 Å². The Morgan fingerprint density at radius 1 is 1.24 bits per heavy atom. The number of ether oxygens (including phenoxy) is 2. The van der Waals surface area contributed by atoms with E-state index in [9.17, 15) is 23.1 Å². The number of aromatic hydroxyl groups is 1. The minimum Gasteiger partial charge on any atom is -0.507 e. The molecule has 0 unspecified atom stereocenters. The molecule has 0 aliphatic carbocycles. The van der Waals surface area contributed by atoms with Crippen LogP contribution in [0.2, 0.25) is 0 Å². The summed E-state index contributed by atoms with van der Waals surface area (Å²) in [5, 5.41) is 17.7. The lowest BCUT2D eigenvalue weighted by molar-refractivity contribution is -0.142. The van der Waals surface area contributed by atoms with Crippen molar-refractivity contribution < 1.29 is 32.5 Å². The predicted octanol–water partition coefficient (Wildman–Crippen LogP) is 3.78. The summed E-state index contributed by atoms with van der Waals surface area (Å²) in [7, 11) is 1.19. The minimum absolute atomic E-state index is 0.168. The highest BCUT2D eigenvalue weighted by Crippen LogP contribution is 2.39. The zero-order valence-corrected chi connectivity index (χ0v) is 14.4. The molecule has 1 aromatic rings. The molecule has 140 valence electrons. The van der Waals surface area contributed by atoms with Gasteiger partial charge in [-0.25, -0.2) is 4.79 Å². The number of carbonyl (C=O) groups excluding carboxylic acids is 1. The number of alkyl halides is 3. The van der Waals surface area contributed by atoms with Crippen LogP contribution in [-0.4, -0.2) is 36.7 Å². The lowest BCUT2D eigenvalue weighted by Gasteiger charge is -2.20. The molecule has 1 rings (SSSR count). The summed E-state index contributed by atoms with van der Waals surface area (Å²) < 4.78 is 48.7. The molecule has 0 heterocycles. The molecule has 0 saturated carbocycles. The van der Waals surface area contributed by atoms with Gasteiger partial charge in [0.25, 0.3) is 0 Å². The van der Waals surface area contributed by atoms with E-state index in [0.29, 0.717) is 24.8 Å². The summed E-state index contributed by atoms with van der Waals surface area (Å²) in [5.41, 5.74) is -1.61. The van der Waals surface area contributed by atoms with E-state index in [2.05, 4.69) is 4.74 Å². The molecule has 0 bridgehead atoms. The van der Waals surface area contributed by atoms with Crippen LogP contribution in [0.1, 0.15) is 43.4 Å². The number of halogens is 3. The Kier molecular flexibility index (Phi) is 7.26. The number of benzene rings is 1. The molecule has 0 spiro atoms. The van der Waals surface area contributed by atoms with Crippen molar-refractivity contribution in [3.8, 4) is 11.5 Å². The largest absolute Gasteiger partial charge is 0.507 e. The molecule has 0 radical (unpaired) electrons. The maximum absolute atomic E-state index is 12.9. The summed E-state index contributed by atoms with van der Waals surface area (Å²) >= 11 is 0. The highest BCUT2D eigenvalue weighted by atomic mass is 19.4. The Morgan fingerprint density at radius 3 is 2.32 bits per heavy atom. The number of aryl methyl sites for hydroxylation is 1. The van der Waals surface area contributed by atoms with E-state index in [-0.39, 0.29) is 17.7 Å². The van der Waals surface area contributed by atoms with Gasteiger partial charge in [0.05, 0.1) is 7.11 Å². The van der Waals surface area contributed by atoms with Gasteiger partial charge in [0.2, 0.25) is 0 Å². The summed E-state index contributed by atoms with van der Waals surface area (Å²) in [6.45, 7) is 3.22. The fourth-order valence-electron chi connectivity index (χ4n) is 2.42. The summed E-state index contributed by atoms with van der Waals surface area (Å²) in [6, 6.07) is 1.11. The molecule has 0 aromatic heterocycles. The summed E-state index contributed by atoms with van der Waals surface area (Å²) in [4.78, 5) is 11.3. The minimum atomic E-state index is -4.88. The Labute approximate surface area is 144 Å². The maximum Gasteiger partial charge on any atom is 0.433 e. The van der Waals surface area contributed by atoms with E-state index in [1.54, 1.807) is 6.92 Å². The molecule has 25 heavy (non-hydrogen) atoms. The van der Waals surface area contributed by atoms with Crippen LogP contribution in [0.25, 0.3) is 0 Å². The van der Waals surface area contributed by atoms with E-state index in [1.165, 1.54) is 7.11 Å². The Hall–Kier alpha value is -2.25. The molecule has 1 aromatic carbocycles. The van der Waals surface area contributed by atoms with E-state index >= 15 is 0 Å². The van der Waals surface area contributed by atoms with Gasteiger partial charge in [-0.2, -0.15) is 13.2 Å². The van der Waals surface area contributed by atoms with Gasteiger partial charge in [0.1, 0.15) is 17.2 Å². The van der Waals surface area contributed by atoms with Crippen LogP contribution in [0.5, 0.6) is 11.5 Å². The van der Waals surface area contributed by atoms with Crippen molar-refractivity contribution >= 4 is 11.7 Å². The second kappa shape index (κ2) is 8.73. The standard InChI is InChI=1S/C17H22F3NO4/c1-4-6-10-8-12(16(21)17(18,19)20)14(23)11(7-5-2)15(10)25-9-13(22)24-3/h8,21,23H,4-7,9H2,1-3H3. The molecule has 0 aliphatic heterocycles. The molecule has 0 aliphatic rings. The highest BCUT2D eigenvalue weighted by molar-refractivity contribution is 6.05. The molecule has 0 atom stereocenters. The van der Waals surface area contributed by atoms with Crippen LogP contribution < -0.4 is 4.74 Å². The first-order valence-electron chi connectivity index (χ1n) is 7.90. The molecular formula is C17H22F3NO4. The molecule has 2 N–H and O–H groups in total. The van der Waals surface area contributed by atoms with Gasteiger partial charge >= 0.3 is 12.1 Å². The first-order valence-corrected chi connectivity index (χ1v) is 7.90. The van der Waals surface area contributed by atoms with Crippen molar-refractivity contribution in [2.24, 2.45) is 0 Å². The summed E-state index contributed by atoms with van der Waals surface area (Å²) in [5.74, 6) is -1.09. The Bertz CT molecular complexity index is 642. The highest BCUT2D eigenvalue weighted by Gasteiger charge is 2.38. The number of carbonyl (C=O) groups is 1. The molecule has 0 amide bonds. The van der Waals surface area contributed by atoms with Gasteiger partial charge in [-0.1, -0.05) is 26.7 Å². The molecular weight excluding hydrogens is 339 g/mol. The van der Waals surface area contributed by atoms with Crippen molar-refractivity contribution in [2.45, 2.75) is 45.7 Å². The second-order valence-electron chi connectivity index (χ2n) is 5.48. The van der Waals surface area contributed by atoms with E-state index < -0.39 is 35.8 Å². The van der Waals surface area contributed by atoms with Crippen LogP contribution in [0.15, 0.2) is 6.07 Å². The number of nitrogens with one attached hydrogen (secondary N) is 1. The van der Waals surface area contributed by atoms with Crippen molar-refractivity contribution in [2.75, 3.05) is 13.7 Å². The quantitative estimate of drug-likeness (QED) is 0.545. The number of phenols is 1. The van der Waals surface area contributed by atoms with Gasteiger partial charge in [-0.15, -0.1) is 0 Å². The van der Waals surface area contributed by atoms with Crippen LogP contribution >= 0.6 is 0 Å². The third kappa shape index (κ3) is 5.11. The Morgan fingerprint density at radius 2 is 1.84 bits per heavy atom. The number of rotatable bonds is 8. The molecule has 0 fully saturated rings.